The lowest BCUT2D eigenvalue weighted by atomic mass is 9.89. The molecule has 1 unspecified atom stereocenters. The zero-order chi connectivity index (χ0) is 19.3. The van der Waals surface area contributed by atoms with Gasteiger partial charge in [0.2, 0.25) is 0 Å². The Morgan fingerprint density at radius 3 is 3.04 bits per heavy atom. The minimum atomic E-state index is -0.642. The maximum atomic E-state index is 11.2. The molecule has 8 heteroatoms. The summed E-state index contributed by atoms with van der Waals surface area (Å²) in [7, 11) is 1.96. The van der Waals surface area contributed by atoms with E-state index in [4.69, 9.17) is 20.2 Å². The van der Waals surface area contributed by atoms with Crippen LogP contribution in [0.2, 0.25) is 0 Å². The van der Waals surface area contributed by atoms with Gasteiger partial charge in [-0.05, 0) is 24.1 Å². The fourth-order valence-electron chi connectivity index (χ4n) is 4.18. The van der Waals surface area contributed by atoms with Crippen LogP contribution in [0.1, 0.15) is 17.7 Å². The topological polar surface area (TPSA) is 104 Å². The van der Waals surface area contributed by atoms with Gasteiger partial charge in [-0.15, -0.1) is 0 Å². The summed E-state index contributed by atoms with van der Waals surface area (Å²) in [4.78, 5) is 20.5. The molecule has 144 valence electrons. The first-order valence-electron chi connectivity index (χ1n) is 9.30. The van der Waals surface area contributed by atoms with E-state index in [1.54, 1.807) is 6.20 Å². The average molecular weight is 379 g/mol. The van der Waals surface area contributed by atoms with Crippen LogP contribution in [-0.4, -0.2) is 40.4 Å². The number of nitrogens with two attached hydrogens (primary N) is 1. The lowest BCUT2D eigenvalue weighted by Crippen LogP contribution is -2.37. The summed E-state index contributed by atoms with van der Waals surface area (Å²) >= 11 is 0. The van der Waals surface area contributed by atoms with Crippen LogP contribution in [0.3, 0.4) is 0 Å². The van der Waals surface area contributed by atoms with Crippen molar-refractivity contribution >= 4 is 22.8 Å². The molecular weight excluding hydrogens is 358 g/mol. The van der Waals surface area contributed by atoms with Gasteiger partial charge in [-0.1, -0.05) is 6.07 Å². The van der Waals surface area contributed by atoms with Crippen LogP contribution >= 0.6 is 0 Å². The molecule has 1 fully saturated rings. The van der Waals surface area contributed by atoms with E-state index in [1.165, 1.54) is 5.56 Å². The van der Waals surface area contributed by atoms with Crippen LogP contribution in [-0.2, 0) is 28.5 Å². The smallest absolute Gasteiger partial charge is 0.317 e. The van der Waals surface area contributed by atoms with Crippen molar-refractivity contribution in [2.45, 2.75) is 18.4 Å². The molecule has 0 radical (unpaired) electrons. The van der Waals surface area contributed by atoms with Gasteiger partial charge in [0.15, 0.2) is 0 Å². The number of hydrogen-bond acceptors (Lipinski definition) is 5. The second-order valence-corrected chi connectivity index (χ2v) is 7.33. The van der Waals surface area contributed by atoms with Gasteiger partial charge in [0.05, 0.1) is 36.3 Å². The number of aryl methyl sites for hydroxylation is 1. The van der Waals surface area contributed by atoms with E-state index >= 15 is 0 Å². The molecule has 2 aliphatic heterocycles. The van der Waals surface area contributed by atoms with Crippen LogP contribution in [0.5, 0.6) is 0 Å². The highest BCUT2D eigenvalue weighted by atomic mass is 16.6. The number of ether oxygens (including phenoxy) is 2. The molecule has 1 atom stereocenters. The first-order chi connectivity index (χ1) is 13.6. The Bertz CT molecular complexity index is 1080. The number of urea groups is 1. The highest BCUT2D eigenvalue weighted by Gasteiger charge is 2.43. The Kier molecular flexibility index (Phi) is 3.85. The summed E-state index contributed by atoms with van der Waals surface area (Å²) in [6.45, 7) is 1.93. The second kappa shape index (κ2) is 6.29. The largest absolute Gasteiger partial charge is 0.378 e. The number of amides is 2. The number of fused-ring (bicyclic) bond motifs is 3. The molecular formula is C20H21N5O3. The van der Waals surface area contributed by atoms with Crippen LogP contribution in [0.15, 0.2) is 30.6 Å². The third-order valence-electron chi connectivity index (χ3n) is 5.55. The standard InChI is InChI=1S/C20H21N5O3/c1-25-10-14(13-8-17(24-19(21)26)22-9-16(13)25)15-3-2-12-4-6-28-20(18(12)23-15)5-7-27-11-20/h2-3,8-10H,4-7,11H2,1H3,(H3,21,22,24,26). The van der Waals surface area contributed by atoms with Gasteiger partial charge in [0.1, 0.15) is 11.4 Å². The lowest BCUT2D eigenvalue weighted by molar-refractivity contribution is -0.0664. The molecule has 0 aliphatic carbocycles. The maximum absolute atomic E-state index is 11.2. The number of carbonyl (C=O) groups excluding carboxylic acids is 1. The Labute approximate surface area is 161 Å². The summed E-state index contributed by atoms with van der Waals surface area (Å²) in [5.41, 5.74) is 9.77. The van der Waals surface area contributed by atoms with Crippen LogP contribution in [0, 0.1) is 0 Å². The highest BCUT2D eigenvalue weighted by Crippen LogP contribution is 2.40. The minimum Gasteiger partial charge on any atom is -0.378 e. The number of primary amides is 1. The van der Waals surface area contributed by atoms with Crippen molar-refractivity contribution in [1.29, 1.82) is 0 Å². The number of pyridine rings is 2. The maximum Gasteiger partial charge on any atom is 0.317 e. The average Bonchev–Trinajstić information content (AvgIpc) is 3.27. The van der Waals surface area contributed by atoms with Crippen molar-refractivity contribution in [2.24, 2.45) is 12.8 Å². The van der Waals surface area contributed by atoms with Gasteiger partial charge in [-0.2, -0.15) is 0 Å². The predicted molar refractivity (Wildman–Crippen MR) is 104 cm³/mol. The number of aromatic nitrogens is 3. The number of anilines is 1. The normalized spacial score (nSPS) is 21.2. The van der Waals surface area contributed by atoms with Crippen LogP contribution < -0.4 is 11.1 Å². The van der Waals surface area contributed by atoms with Gasteiger partial charge >= 0.3 is 6.03 Å². The molecule has 1 saturated heterocycles. The van der Waals surface area contributed by atoms with Crippen molar-refractivity contribution in [3.05, 3.63) is 41.9 Å². The zero-order valence-electron chi connectivity index (χ0n) is 15.6. The van der Waals surface area contributed by atoms with Gasteiger partial charge in [-0.25, -0.2) is 14.8 Å². The van der Waals surface area contributed by atoms with Crippen molar-refractivity contribution in [3.63, 3.8) is 0 Å². The van der Waals surface area contributed by atoms with Crippen LogP contribution in [0.25, 0.3) is 22.2 Å². The molecule has 2 aliphatic rings. The van der Waals surface area contributed by atoms with Gasteiger partial charge in [0.25, 0.3) is 0 Å². The first-order valence-corrected chi connectivity index (χ1v) is 9.30. The quantitative estimate of drug-likeness (QED) is 0.711. The number of carbonyl (C=O) groups is 1. The number of nitrogens with zero attached hydrogens (tertiary/aromatic N) is 3. The molecule has 3 aromatic heterocycles. The molecule has 8 nitrogen and oxygen atoms in total. The predicted octanol–water partition coefficient (Wildman–Crippen LogP) is 2.31. The van der Waals surface area contributed by atoms with E-state index in [0.29, 0.717) is 25.6 Å². The van der Waals surface area contributed by atoms with Crippen molar-refractivity contribution in [3.8, 4) is 11.3 Å². The number of rotatable bonds is 2. The summed E-state index contributed by atoms with van der Waals surface area (Å²) < 4.78 is 13.8. The van der Waals surface area contributed by atoms with Gasteiger partial charge < -0.3 is 19.8 Å². The molecule has 3 aromatic rings. The van der Waals surface area contributed by atoms with E-state index in [-0.39, 0.29) is 0 Å². The monoisotopic (exact) mass is 379 g/mol. The highest BCUT2D eigenvalue weighted by molar-refractivity contribution is 5.98. The third-order valence-corrected chi connectivity index (χ3v) is 5.55. The van der Waals surface area contributed by atoms with E-state index in [9.17, 15) is 4.79 Å². The Morgan fingerprint density at radius 1 is 1.36 bits per heavy atom. The molecule has 2 amide bonds. The summed E-state index contributed by atoms with van der Waals surface area (Å²) in [5.74, 6) is 0.411. The summed E-state index contributed by atoms with van der Waals surface area (Å²) in [6.07, 6.45) is 5.42. The molecule has 28 heavy (non-hydrogen) atoms. The molecule has 5 heterocycles. The molecule has 3 N–H and O–H groups in total. The van der Waals surface area contributed by atoms with E-state index < -0.39 is 11.6 Å². The fraction of sp³-hybridized carbons (Fsp3) is 0.350. The third kappa shape index (κ3) is 2.64. The molecule has 0 bridgehead atoms. The van der Waals surface area contributed by atoms with Gasteiger partial charge in [-0.3, -0.25) is 5.32 Å². The van der Waals surface area contributed by atoms with Crippen molar-refractivity contribution in [1.82, 2.24) is 14.5 Å². The first kappa shape index (κ1) is 17.2. The SMILES string of the molecule is Cn1cc(-c2ccc3c(n2)C2(CCOC2)OCC3)c2cc(NC(N)=O)ncc21. The second-order valence-electron chi connectivity index (χ2n) is 7.33. The van der Waals surface area contributed by atoms with Crippen molar-refractivity contribution in [2.75, 3.05) is 25.1 Å². The van der Waals surface area contributed by atoms with E-state index in [0.717, 1.165) is 40.7 Å². The summed E-state index contributed by atoms with van der Waals surface area (Å²) in [5, 5.41) is 3.48. The Hall–Kier alpha value is -2.97. The van der Waals surface area contributed by atoms with E-state index in [2.05, 4.69) is 16.4 Å². The van der Waals surface area contributed by atoms with Gasteiger partial charge in [0, 0.05) is 37.2 Å². The lowest BCUT2D eigenvalue weighted by Gasteiger charge is -2.33. The molecule has 0 saturated carbocycles. The molecule has 1 spiro atoms. The zero-order valence-corrected chi connectivity index (χ0v) is 15.6. The molecule has 5 rings (SSSR count). The molecule has 0 aromatic carbocycles. The fourth-order valence-corrected chi connectivity index (χ4v) is 4.18. The van der Waals surface area contributed by atoms with Crippen LogP contribution in [0.4, 0.5) is 10.6 Å². The minimum absolute atomic E-state index is 0.411. The van der Waals surface area contributed by atoms with Crippen molar-refractivity contribution < 1.29 is 14.3 Å². The van der Waals surface area contributed by atoms with E-state index in [1.807, 2.05) is 29.9 Å². The summed E-state index contributed by atoms with van der Waals surface area (Å²) in [6, 6.07) is 5.37. The number of nitrogens with one attached hydrogen (secondary N) is 1. The number of hydrogen-bond donors (Lipinski definition) is 2. The Morgan fingerprint density at radius 2 is 2.25 bits per heavy atom. The Balaban J connectivity index is 1.65.